The fourth-order valence-electron chi connectivity index (χ4n) is 2.73. The molecule has 1 aliphatic carbocycles. The molecule has 1 aromatic rings. The van der Waals surface area contributed by atoms with Crippen molar-refractivity contribution in [2.24, 2.45) is 5.92 Å². The van der Waals surface area contributed by atoms with Crippen molar-refractivity contribution in [2.45, 2.75) is 38.6 Å². The fourth-order valence-corrected chi connectivity index (χ4v) is 2.92. The number of nitrogens with one attached hydrogen (secondary N) is 2. The van der Waals surface area contributed by atoms with E-state index in [1.807, 2.05) is 0 Å². The van der Waals surface area contributed by atoms with Crippen molar-refractivity contribution < 1.29 is 19.1 Å². The van der Waals surface area contributed by atoms with E-state index in [0.717, 1.165) is 19.3 Å². The number of carbonyl (C=O) groups is 3. The van der Waals surface area contributed by atoms with Crippen molar-refractivity contribution >= 4 is 29.5 Å². The second-order valence-electron chi connectivity index (χ2n) is 5.98. The number of hydrogen-bond acceptors (Lipinski definition) is 4. The summed E-state index contributed by atoms with van der Waals surface area (Å²) in [6.07, 6.45) is 4.21. The van der Waals surface area contributed by atoms with Crippen LogP contribution in [0.3, 0.4) is 0 Å². The van der Waals surface area contributed by atoms with Gasteiger partial charge in [0.1, 0.15) is 0 Å². The van der Waals surface area contributed by atoms with Gasteiger partial charge in [-0.2, -0.15) is 0 Å². The third kappa shape index (κ3) is 5.53. The number of hydrogen-bond donors (Lipinski definition) is 2. The maximum Gasteiger partial charge on any atom is 0.338 e. The van der Waals surface area contributed by atoms with Gasteiger partial charge in [0.15, 0.2) is 6.61 Å². The van der Waals surface area contributed by atoms with E-state index in [4.69, 9.17) is 16.3 Å². The van der Waals surface area contributed by atoms with Gasteiger partial charge in [-0.1, -0.05) is 37.4 Å². The summed E-state index contributed by atoms with van der Waals surface area (Å²) in [5.41, 5.74) is 0.246. The predicted octanol–water partition coefficient (Wildman–Crippen LogP) is 2.90. The van der Waals surface area contributed by atoms with Crippen LogP contribution in [-0.2, 0) is 9.53 Å². The van der Waals surface area contributed by atoms with Crippen LogP contribution in [0.2, 0.25) is 5.02 Å². The Bertz CT molecular complexity index is 620. The van der Waals surface area contributed by atoms with Gasteiger partial charge < -0.3 is 10.1 Å². The maximum absolute atomic E-state index is 11.8. The van der Waals surface area contributed by atoms with E-state index in [-0.39, 0.29) is 11.6 Å². The summed E-state index contributed by atoms with van der Waals surface area (Å²) in [6.45, 7) is 1.55. The molecule has 0 aromatic heterocycles. The molecule has 1 aromatic carbocycles. The van der Waals surface area contributed by atoms with Crippen LogP contribution in [0.5, 0.6) is 0 Å². The molecule has 1 fully saturated rings. The van der Waals surface area contributed by atoms with Gasteiger partial charge in [0.05, 0.1) is 5.56 Å². The van der Waals surface area contributed by atoms with Crippen LogP contribution in [0.4, 0.5) is 4.79 Å². The van der Waals surface area contributed by atoms with Crippen LogP contribution in [0, 0.1) is 5.92 Å². The molecule has 2 N–H and O–H groups in total. The molecule has 0 aliphatic heterocycles. The van der Waals surface area contributed by atoms with Crippen molar-refractivity contribution in [3.63, 3.8) is 0 Å². The Hall–Kier alpha value is -2.08. The van der Waals surface area contributed by atoms with Gasteiger partial charge in [-0.15, -0.1) is 0 Å². The van der Waals surface area contributed by atoms with Crippen molar-refractivity contribution in [2.75, 3.05) is 6.61 Å². The predicted molar refractivity (Wildman–Crippen MR) is 89.8 cm³/mol. The lowest BCUT2D eigenvalue weighted by molar-refractivity contribution is -0.123. The Kier molecular flexibility index (Phi) is 6.61. The molecule has 7 heteroatoms. The van der Waals surface area contributed by atoms with Gasteiger partial charge in [0.25, 0.3) is 5.91 Å². The van der Waals surface area contributed by atoms with Gasteiger partial charge in [-0.3, -0.25) is 10.1 Å². The normalized spacial score (nSPS) is 20.1. The van der Waals surface area contributed by atoms with Gasteiger partial charge >= 0.3 is 12.0 Å². The Morgan fingerprint density at radius 1 is 1.25 bits per heavy atom. The molecule has 2 atom stereocenters. The molecule has 1 saturated carbocycles. The number of benzene rings is 1. The smallest absolute Gasteiger partial charge is 0.338 e. The van der Waals surface area contributed by atoms with E-state index in [1.165, 1.54) is 18.6 Å². The highest BCUT2D eigenvalue weighted by molar-refractivity contribution is 6.30. The Labute approximate surface area is 145 Å². The molecule has 0 radical (unpaired) electrons. The first kappa shape index (κ1) is 18.3. The van der Waals surface area contributed by atoms with E-state index in [9.17, 15) is 14.4 Å². The molecule has 24 heavy (non-hydrogen) atoms. The van der Waals surface area contributed by atoms with Gasteiger partial charge in [0, 0.05) is 11.1 Å². The summed E-state index contributed by atoms with van der Waals surface area (Å²) in [4.78, 5) is 35.3. The molecule has 0 bridgehead atoms. The van der Waals surface area contributed by atoms with Crippen LogP contribution >= 0.6 is 11.6 Å². The van der Waals surface area contributed by atoms with Gasteiger partial charge in [0.2, 0.25) is 0 Å². The lowest BCUT2D eigenvalue weighted by Crippen LogP contribution is -2.48. The fraction of sp³-hybridized carbons (Fsp3) is 0.471. The summed E-state index contributed by atoms with van der Waals surface area (Å²) < 4.78 is 4.87. The Morgan fingerprint density at radius 2 is 2.00 bits per heavy atom. The maximum atomic E-state index is 11.8. The van der Waals surface area contributed by atoms with Crippen LogP contribution in [0.25, 0.3) is 0 Å². The average Bonchev–Trinajstić information content (AvgIpc) is 2.54. The van der Waals surface area contributed by atoms with Crippen molar-refractivity contribution in [1.29, 1.82) is 0 Å². The number of urea groups is 1. The minimum Gasteiger partial charge on any atom is -0.452 e. The summed E-state index contributed by atoms with van der Waals surface area (Å²) in [7, 11) is 0. The Morgan fingerprint density at radius 3 is 2.71 bits per heavy atom. The first-order valence-corrected chi connectivity index (χ1v) is 8.36. The van der Waals surface area contributed by atoms with Crippen LogP contribution in [0.1, 0.15) is 43.0 Å². The Balaban J connectivity index is 1.74. The van der Waals surface area contributed by atoms with Gasteiger partial charge in [-0.25, -0.2) is 9.59 Å². The molecule has 1 aliphatic rings. The zero-order chi connectivity index (χ0) is 17.5. The molecule has 3 amide bonds. The second kappa shape index (κ2) is 8.68. The monoisotopic (exact) mass is 352 g/mol. The average molecular weight is 353 g/mol. The van der Waals surface area contributed by atoms with E-state index in [0.29, 0.717) is 10.9 Å². The topological polar surface area (TPSA) is 84.5 Å². The zero-order valence-corrected chi connectivity index (χ0v) is 14.3. The minimum absolute atomic E-state index is 0.0700. The third-order valence-electron chi connectivity index (χ3n) is 4.08. The number of amides is 3. The number of imide groups is 1. The summed E-state index contributed by atoms with van der Waals surface area (Å²) in [5.74, 6) is -0.958. The summed E-state index contributed by atoms with van der Waals surface area (Å²) >= 11 is 5.78. The number of ether oxygens (including phenoxy) is 1. The standard InChI is InChI=1S/C17H21ClN2O4/c1-11-5-2-3-8-14(11)19-17(23)20-15(21)10-24-16(22)12-6-4-7-13(18)9-12/h4,6-7,9,11,14H,2-3,5,8,10H2,1H3,(H2,19,20,21,23)/t11-,14+/m0/s1. The zero-order valence-electron chi connectivity index (χ0n) is 13.5. The van der Waals surface area contributed by atoms with Gasteiger partial charge in [-0.05, 0) is 37.0 Å². The molecule has 130 valence electrons. The van der Waals surface area contributed by atoms with E-state index in [1.54, 1.807) is 12.1 Å². The summed E-state index contributed by atoms with van der Waals surface area (Å²) in [5, 5.41) is 5.37. The van der Waals surface area contributed by atoms with Crippen LogP contribution < -0.4 is 10.6 Å². The van der Waals surface area contributed by atoms with Crippen LogP contribution in [-0.4, -0.2) is 30.6 Å². The highest BCUT2D eigenvalue weighted by Crippen LogP contribution is 2.23. The van der Waals surface area contributed by atoms with Crippen molar-refractivity contribution in [1.82, 2.24) is 10.6 Å². The largest absolute Gasteiger partial charge is 0.452 e. The first-order chi connectivity index (χ1) is 11.5. The lowest BCUT2D eigenvalue weighted by Gasteiger charge is -2.29. The second-order valence-corrected chi connectivity index (χ2v) is 6.41. The lowest BCUT2D eigenvalue weighted by atomic mass is 9.86. The minimum atomic E-state index is -0.675. The molecule has 2 rings (SSSR count). The van der Waals surface area contributed by atoms with E-state index in [2.05, 4.69) is 17.6 Å². The number of rotatable bonds is 4. The SMILES string of the molecule is C[C@H]1CCCC[C@H]1NC(=O)NC(=O)COC(=O)c1cccc(Cl)c1. The molecule has 0 saturated heterocycles. The molecular formula is C17H21ClN2O4. The summed E-state index contributed by atoms with van der Waals surface area (Å²) in [6, 6.07) is 5.72. The molecule has 0 spiro atoms. The first-order valence-electron chi connectivity index (χ1n) is 7.98. The highest BCUT2D eigenvalue weighted by Gasteiger charge is 2.23. The van der Waals surface area contributed by atoms with Crippen molar-refractivity contribution in [3.05, 3.63) is 34.9 Å². The molecular weight excluding hydrogens is 332 g/mol. The number of esters is 1. The van der Waals surface area contributed by atoms with Crippen LogP contribution in [0.15, 0.2) is 24.3 Å². The molecule has 6 nitrogen and oxygen atoms in total. The number of halogens is 1. The third-order valence-corrected chi connectivity index (χ3v) is 4.31. The highest BCUT2D eigenvalue weighted by atomic mass is 35.5. The van der Waals surface area contributed by atoms with E-state index < -0.39 is 24.5 Å². The van der Waals surface area contributed by atoms with Crippen molar-refractivity contribution in [3.8, 4) is 0 Å². The molecule has 0 heterocycles. The molecule has 0 unspecified atom stereocenters. The van der Waals surface area contributed by atoms with E-state index >= 15 is 0 Å². The number of carbonyl (C=O) groups excluding carboxylic acids is 3. The quantitative estimate of drug-likeness (QED) is 0.816.